The number of piperidine rings is 1. The van der Waals surface area contributed by atoms with Gasteiger partial charge in [-0.3, -0.25) is 4.79 Å². The van der Waals surface area contributed by atoms with Crippen molar-refractivity contribution in [1.29, 1.82) is 0 Å². The van der Waals surface area contributed by atoms with E-state index in [2.05, 4.69) is 5.16 Å². The Morgan fingerprint density at radius 3 is 2.73 bits per heavy atom. The van der Waals surface area contributed by atoms with Crippen molar-refractivity contribution in [3.63, 3.8) is 0 Å². The number of oxime groups is 1. The van der Waals surface area contributed by atoms with Gasteiger partial charge < -0.3 is 10.1 Å². The van der Waals surface area contributed by atoms with Crippen LogP contribution in [0.1, 0.15) is 23.2 Å². The lowest BCUT2D eigenvalue weighted by atomic mass is 10.1. The van der Waals surface area contributed by atoms with Crippen LogP contribution < -0.4 is 0 Å². The lowest BCUT2D eigenvalue weighted by Gasteiger charge is -2.26. The topological polar surface area (TPSA) is 52.9 Å². The van der Waals surface area contributed by atoms with Crippen LogP contribution >= 0.6 is 11.3 Å². The highest BCUT2D eigenvalue weighted by atomic mass is 32.1. The van der Waals surface area contributed by atoms with E-state index in [-0.39, 0.29) is 5.91 Å². The fourth-order valence-corrected chi connectivity index (χ4v) is 2.27. The summed E-state index contributed by atoms with van der Waals surface area (Å²) < 4.78 is 0. The van der Waals surface area contributed by atoms with Gasteiger partial charge in [-0.25, -0.2) is 0 Å². The number of hydrogen-bond donors (Lipinski definition) is 1. The first-order chi connectivity index (χ1) is 7.31. The SMILES string of the molecule is O=C(c1ccsc1)N1CCC(=NO)CC1. The summed E-state index contributed by atoms with van der Waals surface area (Å²) in [5.41, 5.74) is 1.54. The van der Waals surface area contributed by atoms with E-state index in [4.69, 9.17) is 5.21 Å². The van der Waals surface area contributed by atoms with Gasteiger partial charge in [-0.15, -0.1) is 0 Å². The van der Waals surface area contributed by atoms with E-state index in [1.807, 2.05) is 16.8 Å². The predicted octanol–water partition coefficient (Wildman–Crippen LogP) is 1.81. The predicted molar refractivity (Wildman–Crippen MR) is 58.7 cm³/mol. The van der Waals surface area contributed by atoms with Crippen LogP contribution in [0.5, 0.6) is 0 Å². The summed E-state index contributed by atoms with van der Waals surface area (Å²) in [6, 6.07) is 1.84. The average molecular weight is 224 g/mol. The second-order valence-electron chi connectivity index (χ2n) is 3.47. The van der Waals surface area contributed by atoms with Crippen LogP contribution in [-0.2, 0) is 0 Å². The maximum atomic E-state index is 11.9. The van der Waals surface area contributed by atoms with E-state index in [1.165, 1.54) is 11.3 Å². The molecule has 0 radical (unpaired) electrons. The first-order valence-electron chi connectivity index (χ1n) is 4.82. The molecule has 0 atom stereocenters. The Hall–Kier alpha value is -1.36. The molecule has 1 aliphatic rings. The van der Waals surface area contributed by atoms with Crippen molar-refractivity contribution >= 4 is 23.0 Å². The van der Waals surface area contributed by atoms with E-state index in [0.717, 1.165) is 11.3 Å². The Kier molecular flexibility index (Phi) is 3.01. The van der Waals surface area contributed by atoms with Gasteiger partial charge in [0.05, 0.1) is 11.3 Å². The van der Waals surface area contributed by atoms with Crippen LogP contribution in [0.3, 0.4) is 0 Å². The average Bonchev–Trinajstić information content (AvgIpc) is 2.82. The summed E-state index contributed by atoms with van der Waals surface area (Å²) in [5, 5.41) is 15.5. The molecule has 0 spiro atoms. The zero-order valence-electron chi connectivity index (χ0n) is 8.22. The molecule has 1 aromatic rings. The fourth-order valence-electron chi connectivity index (χ4n) is 1.64. The second-order valence-corrected chi connectivity index (χ2v) is 4.25. The monoisotopic (exact) mass is 224 g/mol. The van der Waals surface area contributed by atoms with E-state index < -0.39 is 0 Å². The molecule has 1 aromatic heterocycles. The van der Waals surface area contributed by atoms with Crippen LogP contribution in [0.15, 0.2) is 22.0 Å². The maximum absolute atomic E-state index is 11.9. The lowest BCUT2D eigenvalue weighted by molar-refractivity contribution is 0.0754. The van der Waals surface area contributed by atoms with Gasteiger partial charge in [-0.1, -0.05) is 5.16 Å². The molecular formula is C10H12N2O2S. The number of thiophene rings is 1. The van der Waals surface area contributed by atoms with E-state index in [9.17, 15) is 4.79 Å². The van der Waals surface area contributed by atoms with Crippen molar-refractivity contribution in [1.82, 2.24) is 4.90 Å². The minimum absolute atomic E-state index is 0.0771. The standard InChI is InChI=1S/C10H12N2O2S/c13-10(8-3-6-15-7-8)12-4-1-9(11-14)2-5-12/h3,6-7,14H,1-2,4-5H2. The van der Waals surface area contributed by atoms with Gasteiger partial charge in [0.15, 0.2) is 0 Å². The van der Waals surface area contributed by atoms with Gasteiger partial charge in [-0.2, -0.15) is 11.3 Å². The summed E-state index contributed by atoms with van der Waals surface area (Å²) in [5.74, 6) is 0.0771. The number of likely N-dealkylation sites (tertiary alicyclic amines) is 1. The zero-order chi connectivity index (χ0) is 10.7. The Labute approximate surface area is 91.8 Å². The summed E-state index contributed by atoms with van der Waals surface area (Å²) in [6.45, 7) is 1.29. The van der Waals surface area contributed by atoms with E-state index >= 15 is 0 Å². The molecule has 2 heterocycles. The number of carbonyl (C=O) groups excluding carboxylic acids is 1. The third-order valence-corrected chi connectivity index (χ3v) is 3.22. The van der Waals surface area contributed by atoms with Crippen LogP contribution in [0.25, 0.3) is 0 Å². The van der Waals surface area contributed by atoms with Crippen molar-refractivity contribution in [2.24, 2.45) is 5.16 Å². The number of amides is 1. The Morgan fingerprint density at radius 2 is 2.20 bits per heavy atom. The van der Waals surface area contributed by atoms with Crippen LogP contribution in [-0.4, -0.2) is 34.8 Å². The highest BCUT2D eigenvalue weighted by Crippen LogP contribution is 2.14. The van der Waals surface area contributed by atoms with Crippen molar-refractivity contribution in [3.8, 4) is 0 Å². The van der Waals surface area contributed by atoms with E-state index in [1.54, 1.807) is 4.90 Å². The largest absolute Gasteiger partial charge is 0.411 e. The molecule has 1 fully saturated rings. The number of carbonyl (C=O) groups is 1. The molecule has 0 bridgehead atoms. The molecule has 1 saturated heterocycles. The van der Waals surface area contributed by atoms with Crippen molar-refractivity contribution in [2.75, 3.05) is 13.1 Å². The highest BCUT2D eigenvalue weighted by Gasteiger charge is 2.21. The molecular weight excluding hydrogens is 212 g/mol. The maximum Gasteiger partial charge on any atom is 0.254 e. The number of nitrogens with zero attached hydrogens (tertiary/aromatic N) is 2. The van der Waals surface area contributed by atoms with Gasteiger partial charge in [-0.05, 0) is 11.4 Å². The molecule has 0 unspecified atom stereocenters. The quantitative estimate of drug-likeness (QED) is 0.584. The van der Waals surface area contributed by atoms with Crippen LogP contribution in [0, 0.1) is 0 Å². The first-order valence-corrected chi connectivity index (χ1v) is 5.77. The molecule has 15 heavy (non-hydrogen) atoms. The van der Waals surface area contributed by atoms with Gasteiger partial charge in [0.1, 0.15) is 0 Å². The van der Waals surface area contributed by atoms with Crippen LogP contribution in [0.2, 0.25) is 0 Å². The molecule has 5 heteroatoms. The number of hydrogen-bond acceptors (Lipinski definition) is 4. The molecule has 0 aliphatic carbocycles. The molecule has 2 rings (SSSR count). The smallest absolute Gasteiger partial charge is 0.254 e. The van der Waals surface area contributed by atoms with Crippen molar-refractivity contribution in [2.45, 2.75) is 12.8 Å². The second kappa shape index (κ2) is 4.44. The highest BCUT2D eigenvalue weighted by molar-refractivity contribution is 7.08. The summed E-state index contributed by atoms with van der Waals surface area (Å²) in [4.78, 5) is 13.7. The van der Waals surface area contributed by atoms with Gasteiger partial charge in [0, 0.05) is 31.3 Å². The van der Waals surface area contributed by atoms with Crippen molar-refractivity contribution < 1.29 is 10.0 Å². The number of rotatable bonds is 1. The minimum atomic E-state index is 0.0771. The van der Waals surface area contributed by atoms with Crippen LogP contribution in [0.4, 0.5) is 0 Å². The summed E-state index contributed by atoms with van der Waals surface area (Å²) >= 11 is 1.53. The van der Waals surface area contributed by atoms with Crippen molar-refractivity contribution in [3.05, 3.63) is 22.4 Å². The summed E-state index contributed by atoms with van der Waals surface area (Å²) in [6.07, 6.45) is 1.35. The molecule has 4 nitrogen and oxygen atoms in total. The molecule has 1 N–H and O–H groups in total. The van der Waals surface area contributed by atoms with Gasteiger partial charge in [0.2, 0.25) is 0 Å². The fraction of sp³-hybridized carbons (Fsp3) is 0.400. The third kappa shape index (κ3) is 2.18. The Morgan fingerprint density at radius 1 is 1.47 bits per heavy atom. The Balaban J connectivity index is 1.99. The minimum Gasteiger partial charge on any atom is -0.411 e. The normalized spacial score (nSPS) is 16.5. The first kappa shape index (κ1) is 10.2. The molecule has 0 aromatic carbocycles. The van der Waals surface area contributed by atoms with Gasteiger partial charge >= 0.3 is 0 Å². The molecule has 1 aliphatic heterocycles. The molecule has 80 valence electrons. The van der Waals surface area contributed by atoms with E-state index in [0.29, 0.717) is 25.9 Å². The van der Waals surface area contributed by atoms with Gasteiger partial charge in [0.25, 0.3) is 5.91 Å². The Bertz CT molecular complexity index is 363. The molecule has 1 amide bonds. The lowest BCUT2D eigenvalue weighted by Crippen LogP contribution is -2.38. The molecule has 0 saturated carbocycles. The zero-order valence-corrected chi connectivity index (χ0v) is 9.04. The summed E-state index contributed by atoms with van der Waals surface area (Å²) in [7, 11) is 0. The third-order valence-electron chi connectivity index (χ3n) is 2.54.